The molecule has 2 heteroatoms. The highest BCUT2D eigenvalue weighted by Gasteiger charge is 2.54. The summed E-state index contributed by atoms with van der Waals surface area (Å²) in [5.41, 5.74) is 19.4. The van der Waals surface area contributed by atoms with E-state index in [2.05, 4.69) is 229 Å². The summed E-state index contributed by atoms with van der Waals surface area (Å²) in [5, 5.41) is 1.34. The highest BCUT2D eigenvalue weighted by Crippen LogP contribution is 2.67. The van der Waals surface area contributed by atoms with Crippen LogP contribution >= 0.6 is 11.3 Å². The van der Waals surface area contributed by atoms with E-state index < -0.39 is 5.41 Å². The first-order chi connectivity index (χ1) is 29.3. The molecule has 0 N–H and O–H groups in total. The van der Waals surface area contributed by atoms with Gasteiger partial charge in [-0.25, -0.2) is 0 Å². The Morgan fingerprint density at radius 2 is 0.864 bits per heavy atom. The Kier molecular flexibility index (Phi) is 7.69. The van der Waals surface area contributed by atoms with E-state index in [0.717, 1.165) is 17.1 Å². The average molecular weight is 768 g/mol. The van der Waals surface area contributed by atoms with Crippen LogP contribution in [0.5, 0.6) is 0 Å². The lowest BCUT2D eigenvalue weighted by Crippen LogP contribution is -2.26. The second kappa shape index (κ2) is 13.4. The van der Waals surface area contributed by atoms with Crippen LogP contribution in [0, 0.1) is 0 Å². The maximum absolute atomic E-state index is 2.51. The van der Waals surface area contributed by atoms with Gasteiger partial charge in [0.05, 0.1) is 11.1 Å². The van der Waals surface area contributed by atoms with E-state index >= 15 is 0 Å². The summed E-state index contributed by atoms with van der Waals surface area (Å²) in [6.07, 6.45) is 0. The molecule has 10 aromatic rings. The molecule has 1 atom stereocenters. The molecule has 12 rings (SSSR count). The van der Waals surface area contributed by atoms with Gasteiger partial charge in [-0.05, 0) is 115 Å². The Morgan fingerprint density at radius 3 is 1.53 bits per heavy atom. The number of rotatable bonds is 6. The first-order valence-electron chi connectivity index (χ1n) is 20.3. The molecule has 0 aliphatic heterocycles. The van der Waals surface area contributed by atoms with Gasteiger partial charge in [-0.15, -0.1) is 11.3 Å². The van der Waals surface area contributed by atoms with Crippen molar-refractivity contribution < 1.29 is 0 Å². The predicted molar refractivity (Wildman–Crippen MR) is 249 cm³/mol. The number of nitrogens with zero attached hydrogens (tertiary/aromatic N) is 1. The molecule has 1 spiro atoms. The number of hydrogen-bond donors (Lipinski definition) is 0. The Hall–Kier alpha value is -7.26. The minimum atomic E-state index is -0.461. The Morgan fingerprint density at radius 1 is 0.356 bits per heavy atom. The number of anilines is 3. The first kappa shape index (κ1) is 33.8. The molecule has 0 saturated carbocycles. The summed E-state index contributed by atoms with van der Waals surface area (Å²) in [4.78, 5) is 3.89. The molecule has 1 heterocycles. The lowest BCUT2D eigenvalue weighted by atomic mass is 9.70. The Balaban J connectivity index is 1.16. The Bertz CT molecular complexity index is 3140. The van der Waals surface area contributed by atoms with E-state index in [9.17, 15) is 0 Å². The van der Waals surface area contributed by atoms with Crippen LogP contribution in [0.1, 0.15) is 22.3 Å². The summed E-state index contributed by atoms with van der Waals surface area (Å²) in [5.74, 6) is 0. The van der Waals surface area contributed by atoms with Crippen LogP contribution in [0.2, 0.25) is 0 Å². The van der Waals surface area contributed by atoms with Gasteiger partial charge in [-0.3, -0.25) is 0 Å². The third-order valence-electron chi connectivity index (χ3n) is 12.5. The van der Waals surface area contributed by atoms with Crippen molar-refractivity contribution in [3.05, 3.63) is 247 Å². The van der Waals surface area contributed by atoms with E-state index in [-0.39, 0.29) is 0 Å². The van der Waals surface area contributed by atoms with E-state index in [1.54, 1.807) is 0 Å². The van der Waals surface area contributed by atoms with Crippen molar-refractivity contribution in [2.24, 2.45) is 0 Å². The largest absolute Gasteiger partial charge is 0.310 e. The molecule has 59 heavy (non-hydrogen) atoms. The van der Waals surface area contributed by atoms with Crippen molar-refractivity contribution in [1.29, 1.82) is 0 Å². The van der Waals surface area contributed by atoms with E-state index in [0.29, 0.717) is 0 Å². The fraction of sp³-hybridized carbons (Fsp3) is 0.0175. The molecule has 0 saturated heterocycles. The molecule has 1 aromatic heterocycles. The molecule has 9 aromatic carbocycles. The van der Waals surface area contributed by atoms with Crippen molar-refractivity contribution in [2.75, 3.05) is 4.90 Å². The van der Waals surface area contributed by atoms with Gasteiger partial charge in [0, 0.05) is 26.5 Å². The minimum Gasteiger partial charge on any atom is -0.310 e. The topological polar surface area (TPSA) is 3.24 Å². The quantitative estimate of drug-likeness (QED) is 0.163. The van der Waals surface area contributed by atoms with Crippen molar-refractivity contribution >= 4 is 38.5 Å². The predicted octanol–water partition coefficient (Wildman–Crippen LogP) is 15.7. The summed E-state index contributed by atoms with van der Waals surface area (Å²) in [7, 11) is 0. The van der Waals surface area contributed by atoms with Crippen LogP contribution in [-0.2, 0) is 5.41 Å². The second-order valence-electron chi connectivity index (χ2n) is 15.6. The van der Waals surface area contributed by atoms with Crippen molar-refractivity contribution in [1.82, 2.24) is 0 Å². The summed E-state index contributed by atoms with van der Waals surface area (Å²) in [6, 6.07) is 82.8. The van der Waals surface area contributed by atoms with Gasteiger partial charge in [-0.1, -0.05) is 182 Å². The molecule has 1 unspecified atom stereocenters. The molecular weight excluding hydrogens is 731 g/mol. The molecule has 0 amide bonds. The molecule has 0 radical (unpaired) electrons. The minimum absolute atomic E-state index is 0.461. The normalized spacial score (nSPS) is 14.5. The van der Waals surface area contributed by atoms with Gasteiger partial charge in [0.2, 0.25) is 0 Å². The lowest BCUT2D eigenvalue weighted by Gasteiger charge is -2.32. The smallest absolute Gasteiger partial charge is 0.0740 e. The van der Waals surface area contributed by atoms with Gasteiger partial charge >= 0.3 is 0 Å². The Labute approximate surface area is 348 Å². The highest BCUT2D eigenvalue weighted by atomic mass is 32.1. The van der Waals surface area contributed by atoms with E-state index in [4.69, 9.17) is 0 Å². The van der Waals surface area contributed by atoms with Crippen LogP contribution in [0.25, 0.3) is 65.0 Å². The van der Waals surface area contributed by atoms with Crippen LogP contribution < -0.4 is 4.90 Å². The van der Waals surface area contributed by atoms with Crippen molar-refractivity contribution in [3.63, 3.8) is 0 Å². The molecular formula is C57H37NS. The maximum Gasteiger partial charge on any atom is 0.0740 e. The molecule has 2 aliphatic rings. The summed E-state index contributed by atoms with van der Waals surface area (Å²) >= 11 is 1.93. The second-order valence-corrected chi connectivity index (χ2v) is 16.6. The summed E-state index contributed by atoms with van der Waals surface area (Å²) < 4.78 is 1.33. The molecule has 276 valence electrons. The van der Waals surface area contributed by atoms with Crippen LogP contribution in [-0.4, -0.2) is 0 Å². The molecule has 1 nitrogen and oxygen atoms in total. The van der Waals surface area contributed by atoms with Gasteiger partial charge < -0.3 is 4.90 Å². The monoisotopic (exact) mass is 767 g/mol. The zero-order valence-corrected chi connectivity index (χ0v) is 33.0. The fourth-order valence-corrected chi connectivity index (χ4v) is 11.3. The molecule has 2 aliphatic carbocycles. The van der Waals surface area contributed by atoms with Crippen molar-refractivity contribution in [3.8, 4) is 54.9 Å². The molecule has 0 bridgehead atoms. The lowest BCUT2D eigenvalue weighted by molar-refractivity contribution is 0.802. The zero-order valence-electron chi connectivity index (χ0n) is 32.2. The van der Waals surface area contributed by atoms with Crippen LogP contribution in [0.4, 0.5) is 17.1 Å². The number of hydrogen-bond acceptors (Lipinski definition) is 2. The van der Waals surface area contributed by atoms with Crippen molar-refractivity contribution in [2.45, 2.75) is 5.41 Å². The standard InChI is InChI=1S/C57H37NS/c1-4-17-38(18-5-1)41-31-33-44(34-32-41)58(45-36-42(39-19-6-2-7-20-39)35-43(37-45)40-21-8-3-9-22-40)52-29-16-28-51-54(52)46-23-10-13-26-49(46)57(51)50-27-14-11-24-47(50)56-55(57)48-25-12-15-30-53(48)59-56/h1-37H. The number of thiophene rings is 1. The first-order valence-corrected chi connectivity index (χ1v) is 21.2. The highest BCUT2D eigenvalue weighted by molar-refractivity contribution is 7.22. The van der Waals surface area contributed by atoms with Gasteiger partial charge in [0.25, 0.3) is 0 Å². The fourth-order valence-electron chi connectivity index (χ4n) is 10.0. The number of benzene rings is 9. The van der Waals surface area contributed by atoms with E-state index in [1.165, 1.54) is 87.3 Å². The van der Waals surface area contributed by atoms with Crippen LogP contribution in [0.15, 0.2) is 224 Å². The average Bonchev–Trinajstić information content (AvgIpc) is 3.94. The number of fused-ring (bicyclic) bond motifs is 12. The SMILES string of the molecule is c1ccc(-c2ccc(N(c3cc(-c4ccccc4)cc(-c4ccccc4)c3)c3cccc4c3-c3ccccc3C43c4ccccc4-c4sc5ccccc5c43)cc2)cc1. The van der Waals surface area contributed by atoms with Gasteiger partial charge in [-0.2, -0.15) is 0 Å². The zero-order chi connectivity index (χ0) is 38.9. The maximum atomic E-state index is 2.51. The third-order valence-corrected chi connectivity index (χ3v) is 13.7. The molecule has 0 fully saturated rings. The van der Waals surface area contributed by atoms with Crippen LogP contribution in [0.3, 0.4) is 0 Å². The summed E-state index contributed by atoms with van der Waals surface area (Å²) in [6.45, 7) is 0. The van der Waals surface area contributed by atoms with Gasteiger partial charge in [0.1, 0.15) is 0 Å². The van der Waals surface area contributed by atoms with E-state index in [1.807, 2.05) is 11.3 Å². The van der Waals surface area contributed by atoms with Gasteiger partial charge in [0.15, 0.2) is 0 Å². The third kappa shape index (κ3) is 5.10.